The van der Waals surface area contributed by atoms with Gasteiger partial charge in [0.2, 0.25) is 0 Å². The van der Waals surface area contributed by atoms with E-state index in [1.807, 2.05) is 35.2 Å². The summed E-state index contributed by atoms with van der Waals surface area (Å²) in [6.45, 7) is 2.53. The molecule has 2 N–H and O–H groups in total. The Morgan fingerprint density at radius 2 is 1.87 bits per heavy atom. The molecule has 2 aromatic carbocycles. The summed E-state index contributed by atoms with van der Waals surface area (Å²) < 4.78 is 0. The van der Waals surface area contributed by atoms with Crippen LogP contribution in [-0.4, -0.2) is 32.6 Å². The maximum absolute atomic E-state index is 6.53. The average Bonchev–Trinajstić information content (AvgIpc) is 3.22. The number of rotatable bonds is 4. The molecule has 1 unspecified atom stereocenters. The van der Waals surface area contributed by atoms with E-state index in [0.29, 0.717) is 28.1 Å². The molecule has 0 bridgehead atoms. The first-order valence-electron chi connectivity index (χ1n) is 9.37. The summed E-state index contributed by atoms with van der Waals surface area (Å²) in [6.07, 6.45) is 4.85. The summed E-state index contributed by atoms with van der Waals surface area (Å²) in [5.74, 6) is 0.660. The first kappa shape index (κ1) is 18.8. The van der Waals surface area contributed by atoms with Gasteiger partial charge in [-0.3, -0.25) is 4.99 Å². The number of imidazole rings is 1. The summed E-state index contributed by atoms with van der Waals surface area (Å²) in [6, 6.07) is 11.6. The summed E-state index contributed by atoms with van der Waals surface area (Å²) in [5.41, 5.74) is 3.20. The van der Waals surface area contributed by atoms with Crippen LogP contribution >= 0.6 is 23.2 Å². The van der Waals surface area contributed by atoms with Crippen LogP contribution in [0.3, 0.4) is 0 Å². The number of H-pyrrole nitrogens is 1. The van der Waals surface area contributed by atoms with Gasteiger partial charge >= 0.3 is 0 Å². The maximum Gasteiger partial charge on any atom is 0.182 e. The van der Waals surface area contributed by atoms with E-state index >= 15 is 0 Å². The summed E-state index contributed by atoms with van der Waals surface area (Å²) in [5, 5.41) is 6.46. The van der Waals surface area contributed by atoms with Gasteiger partial charge in [0, 0.05) is 11.4 Å². The molecule has 0 saturated heterocycles. The summed E-state index contributed by atoms with van der Waals surface area (Å²) in [4.78, 5) is 22.7. The minimum absolute atomic E-state index is 0.287. The molecule has 1 aliphatic rings. The molecule has 3 heterocycles. The SMILES string of the molecule is Cc1cccc2c1=CN(c1c(Cl)cccc1Cl)C(CNc1ncnc3nc[nH]c13)N=2. The molecule has 0 radical (unpaired) electrons. The molecular formula is C21H17Cl2N7. The van der Waals surface area contributed by atoms with Crippen molar-refractivity contribution in [1.29, 1.82) is 0 Å². The van der Waals surface area contributed by atoms with Crippen LogP contribution in [0.15, 0.2) is 54.0 Å². The highest BCUT2D eigenvalue weighted by atomic mass is 35.5. The van der Waals surface area contributed by atoms with Crippen LogP contribution in [0.4, 0.5) is 11.5 Å². The third kappa shape index (κ3) is 3.26. The zero-order valence-electron chi connectivity index (χ0n) is 16.0. The number of aromatic amines is 1. The van der Waals surface area contributed by atoms with Gasteiger partial charge in [-0.05, 0) is 30.7 Å². The zero-order chi connectivity index (χ0) is 20.7. The molecule has 2 aromatic heterocycles. The largest absolute Gasteiger partial charge is 0.364 e. The molecule has 1 aliphatic heterocycles. The minimum Gasteiger partial charge on any atom is -0.364 e. The lowest BCUT2D eigenvalue weighted by Gasteiger charge is -2.32. The molecule has 0 fully saturated rings. The first-order valence-corrected chi connectivity index (χ1v) is 10.1. The fourth-order valence-corrected chi connectivity index (χ4v) is 4.17. The zero-order valence-corrected chi connectivity index (χ0v) is 17.5. The van der Waals surface area contributed by atoms with Gasteiger partial charge in [-0.2, -0.15) is 0 Å². The van der Waals surface area contributed by atoms with Crippen molar-refractivity contribution in [1.82, 2.24) is 19.9 Å². The lowest BCUT2D eigenvalue weighted by atomic mass is 10.1. The number of benzene rings is 2. The highest BCUT2D eigenvalue weighted by Gasteiger charge is 2.24. The number of nitrogens with one attached hydrogen (secondary N) is 2. The van der Waals surface area contributed by atoms with Crippen LogP contribution < -0.4 is 20.8 Å². The van der Waals surface area contributed by atoms with Gasteiger partial charge in [-0.25, -0.2) is 15.0 Å². The van der Waals surface area contributed by atoms with Crippen LogP contribution in [-0.2, 0) is 0 Å². The molecule has 0 aliphatic carbocycles. The second-order valence-corrected chi connectivity index (χ2v) is 7.74. The van der Waals surface area contributed by atoms with Crippen molar-refractivity contribution in [2.75, 3.05) is 16.8 Å². The fourth-order valence-electron chi connectivity index (χ4n) is 3.57. The standard InChI is InChI=1S/C21H17Cl2N7/c1-12-4-2-7-16-13(12)9-30(19-14(22)5-3-6-15(19)23)17(29-16)8-24-20-18-21(26-10-25-18)28-11-27-20/h2-7,9-11,17H,8H2,1H3,(H2,24,25,26,27,28). The third-order valence-electron chi connectivity index (χ3n) is 5.05. The predicted octanol–water partition coefficient (Wildman–Crippen LogP) is 3.28. The van der Waals surface area contributed by atoms with Crippen molar-refractivity contribution in [3.8, 4) is 0 Å². The van der Waals surface area contributed by atoms with Gasteiger partial charge < -0.3 is 15.2 Å². The monoisotopic (exact) mass is 437 g/mol. The number of aryl methyl sites for hydroxylation is 1. The van der Waals surface area contributed by atoms with E-state index < -0.39 is 0 Å². The smallest absolute Gasteiger partial charge is 0.182 e. The Morgan fingerprint density at radius 3 is 2.70 bits per heavy atom. The summed E-state index contributed by atoms with van der Waals surface area (Å²) in [7, 11) is 0. The van der Waals surface area contributed by atoms with E-state index in [1.165, 1.54) is 6.33 Å². The quantitative estimate of drug-likeness (QED) is 0.511. The number of halogens is 2. The van der Waals surface area contributed by atoms with E-state index in [0.717, 1.165) is 27.3 Å². The van der Waals surface area contributed by atoms with E-state index in [1.54, 1.807) is 6.33 Å². The Kier molecular flexibility index (Phi) is 4.77. The number of nitrogens with zero attached hydrogens (tertiary/aromatic N) is 5. The predicted molar refractivity (Wildman–Crippen MR) is 119 cm³/mol. The molecule has 5 rings (SSSR count). The lowest BCUT2D eigenvalue weighted by molar-refractivity contribution is 0.691. The second-order valence-electron chi connectivity index (χ2n) is 6.93. The Morgan fingerprint density at radius 1 is 1.07 bits per heavy atom. The van der Waals surface area contributed by atoms with Gasteiger partial charge in [0.05, 0.1) is 34.0 Å². The second kappa shape index (κ2) is 7.59. The van der Waals surface area contributed by atoms with Crippen molar-refractivity contribution in [2.24, 2.45) is 4.99 Å². The molecule has 0 saturated carbocycles. The van der Waals surface area contributed by atoms with Crippen molar-refractivity contribution >= 4 is 52.1 Å². The van der Waals surface area contributed by atoms with Gasteiger partial charge in [-0.1, -0.05) is 41.4 Å². The summed E-state index contributed by atoms with van der Waals surface area (Å²) >= 11 is 13.1. The van der Waals surface area contributed by atoms with Gasteiger partial charge in [0.25, 0.3) is 0 Å². The fraction of sp³-hybridized carbons (Fsp3) is 0.143. The Labute approximate surface area is 182 Å². The highest BCUT2D eigenvalue weighted by Crippen LogP contribution is 2.35. The number of aromatic nitrogens is 4. The van der Waals surface area contributed by atoms with Crippen molar-refractivity contribution in [3.05, 3.63) is 75.2 Å². The highest BCUT2D eigenvalue weighted by molar-refractivity contribution is 6.39. The van der Waals surface area contributed by atoms with Gasteiger partial charge in [0.15, 0.2) is 11.5 Å². The number of fused-ring (bicyclic) bond motifs is 2. The van der Waals surface area contributed by atoms with Crippen molar-refractivity contribution in [3.63, 3.8) is 0 Å². The van der Waals surface area contributed by atoms with Crippen LogP contribution in [0.25, 0.3) is 17.4 Å². The van der Waals surface area contributed by atoms with Crippen LogP contribution in [0, 0.1) is 6.92 Å². The molecule has 0 spiro atoms. The molecular weight excluding hydrogens is 421 g/mol. The Bertz CT molecular complexity index is 1350. The van der Waals surface area contributed by atoms with Crippen LogP contribution in [0.1, 0.15) is 5.56 Å². The normalized spacial score (nSPS) is 15.4. The van der Waals surface area contributed by atoms with Crippen LogP contribution in [0.2, 0.25) is 10.0 Å². The van der Waals surface area contributed by atoms with Gasteiger partial charge in [-0.15, -0.1) is 0 Å². The molecule has 150 valence electrons. The average molecular weight is 438 g/mol. The number of hydrogen-bond acceptors (Lipinski definition) is 6. The van der Waals surface area contributed by atoms with E-state index in [2.05, 4.69) is 44.4 Å². The molecule has 4 aromatic rings. The topological polar surface area (TPSA) is 82.1 Å². The molecule has 30 heavy (non-hydrogen) atoms. The number of hydrogen-bond donors (Lipinski definition) is 2. The van der Waals surface area contributed by atoms with Gasteiger partial charge in [0.1, 0.15) is 18.0 Å². The first-order chi connectivity index (χ1) is 14.6. The molecule has 7 nitrogen and oxygen atoms in total. The Balaban J connectivity index is 1.58. The number of para-hydroxylation sites is 1. The Hall–Kier alpha value is -3.16. The lowest BCUT2D eigenvalue weighted by Crippen LogP contribution is -2.46. The van der Waals surface area contributed by atoms with Crippen LogP contribution in [0.5, 0.6) is 0 Å². The molecule has 0 amide bonds. The van der Waals surface area contributed by atoms with Crippen molar-refractivity contribution in [2.45, 2.75) is 13.1 Å². The molecule has 1 atom stereocenters. The van der Waals surface area contributed by atoms with E-state index in [-0.39, 0.29) is 6.17 Å². The van der Waals surface area contributed by atoms with Crippen molar-refractivity contribution < 1.29 is 0 Å². The third-order valence-corrected chi connectivity index (χ3v) is 5.66. The maximum atomic E-state index is 6.53. The molecule has 9 heteroatoms. The number of anilines is 2. The van der Waals surface area contributed by atoms with E-state index in [4.69, 9.17) is 28.2 Å². The van der Waals surface area contributed by atoms with E-state index in [9.17, 15) is 0 Å². The minimum atomic E-state index is -0.287.